The smallest absolute Gasteiger partial charge is 0.250 e. The van der Waals surface area contributed by atoms with Crippen molar-refractivity contribution in [1.82, 2.24) is 4.72 Å². The molecule has 0 saturated heterocycles. The Bertz CT molecular complexity index is 676. The van der Waals surface area contributed by atoms with Crippen molar-refractivity contribution in [2.24, 2.45) is 0 Å². The Balaban J connectivity index is 2.08. The highest BCUT2D eigenvalue weighted by Gasteiger charge is 2.18. The molecule has 0 aliphatic carbocycles. The largest absolute Gasteiger partial charge is 0.497 e. The van der Waals surface area contributed by atoms with Gasteiger partial charge in [-0.1, -0.05) is 23.7 Å². The van der Waals surface area contributed by atoms with Crippen LogP contribution in [0.5, 0.6) is 5.75 Å². The van der Waals surface area contributed by atoms with Crippen molar-refractivity contribution in [2.45, 2.75) is 10.8 Å². The van der Waals surface area contributed by atoms with E-state index < -0.39 is 10.0 Å². The van der Waals surface area contributed by atoms with Gasteiger partial charge in [-0.25, -0.2) is 13.1 Å². The third-order valence-corrected chi connectivity index (χ3v) is 5.84. The van der Waals surface area contributed by atoms with Crippen molar-refractivity contribution in [3.05, 3.63) is 40.2 Å². The Morgan fingerprint density at radius 3 is 2.50 bits per heavy atom. The lowest BCUT2D eigenvalue weighted by molar-refractivity contribution is 0.414. The van der Waals surface area contributed by atoms with E-state index in [1.807, 2.05) is 0 Å². The maximum Gasteiger partial charge on any atom is 0.250 e. The molecule has 0 bridgehead atoms. The van der Waals surface area contributed by atoms with Gasteiger partial charge in [-0.3, -0.25) is 0 Å². The summed E-state index contributed by atoms with van der Waals surface area (Å²) < 4.78 is 32.0. The molecule has 1 aromatic carbocycles. The second-order valence-corrected chi connectivity index (χ2v) is 7.62. The van der Waals surface area contributed by atoms with Gasteiger partial charge < -0.3 is 10.5 Å². The van der Waals surface area contributed by atoms with Crippen LogP contribution in [0.3, 0.4) is 0 Å². The van der Waals surface area contributed by atoms with Crippen LogP contribution in [0.1, 0.15) is 5.56 Å². The Morgan fingerprint density at radius 2 is 2.00 bits per heavy atom. The molecule has 0 aliphatic rings. The zero-order chi connectivity index (χ0) is 14.8. The number of sulfonamides is 1. The summed E-state index contributed by atoms with van der Waals surface area (Å²) in [6.45, 7) is 0.182. The number of nitrogens with two attached hydrogens (primary N) is 1. The zero-order valence-corrected chi connectivity index (χ0v) is 13.0. The van der Waals surface area contributed by atoms with E-state index >= 15 is 0 Å². The molecule has 1 aromatic heterocycles. The molecule has 5 nitrogen and oxygen atoms in total. The lowest BCUT2D eigenvalue weighted by Crippen LogP contribution is -2.22. The summed E-state index contributed by atoms with van der Waals surface area (Å²) in [5.41, 5.74) is 6.64. The number of methoxy groups -OCH3 is 1. The van der Waals surface area contributed by atoms with Crippen molar-refractivity contribution in [3.8, 4) is 5.75 Å². The van der Waals surface area contributed by atoms with Gasteiger partial charge in [-0.05, 0) is 23.8 Å². The molecule has 108 valence electrons. The molecule has 0 amide bonds. The normalized spacial score (nSPS) is 11.5. The standard InChI is InChI=1S/C12H13ClN2O3S2/c1-18-9-4-2-8(3-5-9)7-15-20(16,17)11-6-10(14)12(13)19-11/h2-6,15H,7,14H2,1H3. The van der Waals surface area contributed by atoms with Gasteiger partial charge in [-0.15, -0.1) is 11.3 Å². The monoisotopic (exact) mass is 332 g/mol. The van der Waals surface area contributed by atoms with E-state index in [0.29, 0.717) is 0 Å². The number of thiophene rings is 1. The van der Waals surface area contributed by atoms with Gasteiger partial charge in [0, 0.05) is 6.54 Å². The van der Waals surface area contributed by atoms with Crippen LogP contribution in [0.25, 0.3) is 0 Å². The number of rotatable bonds is 5. The Morgan fingerprint density at radius 1 is 1.35 bits per heavy atom. The molecule has 0 unspecified atom stereocenters. The number of anilines is 1. The quantitative estimate of drug-likeness (QED) is 0.881. The molecule has 2 aromatic rings. The molecule has 0 fully saturated rings. The number of benzene rings is 1. The highest BCUT2D eigenvalue weighted by molar-refractivity contribution is 7.91. The fraction of sp³-hybridized carbons (Fsp3) is 0.167. The summed E-state index contributed by atoms with van der Waals surface area (Å²) >= 11 is 6.71. The van der Waals surface area contributed by atoms with Crippen LogP contribution in [0.15, 0.2) is 34.5 Å². The topological polar surface area (TPSA) is 81.4 Å². The van der Waals surface area contributed by atoms with E-state index in [9.17, 15) is 8.42 Å². The molecule has 1 heterocycles. The van der Waals surface area contributed by atoms with E-state index in [-0.39, 0.29) is 20.8 Å². The molecule has 3 N–H and O–H groups in total. The molecular formula is C12H13ClN2O3S2. The first-order chi connectivity index (χ1) is 9.42. The summed E-state index contributed by atoms with van der Waals surface area (Å²) in [4.78, 5) is 0. The van der Waals surface area contributed by atoms with Crippen LogP contribution < -0.4 is 15.2 Å². The molecule has 2 rings (SSSR count). The SMILES string of the molecule is COc1ccc(CNS(=O)(=O)c2cc(N)c(Cl)s2)cc1. The first-order valence-electron chi connectivity index (χ1n) is 5.60. The summed E-state index contributed by atoms with van der Waals surface area (Å²) in [6, 6.07) is 8.46. The van der Waals surface area contributed by atoms with Crippen molar-refractivity contribution >= 4 is 38.6 Å². The minimum absolute atomic E-state index is 0.105. The third kappa shape index (κ3) is 3.43. The van der Waals surface area contributed by atoms with E-state index in [2.05, 4.69) is 4.72 Å². The van der Waals surface area contributed by atoms with E-state index in [1.54, 1.807) is 31.4 Å². The van der Waals surface area contributed by atoms with Crippen LogP contribution in [-0.4, -0.2) is 15.5 Å². The van der Waals surface area contributed by atoms with Gasteiger partial charge in [0.15, 0.2) is 0 Å². The Hall–Kier alpha value is -1.28. The van der Waals surface area contributed by atoms with Gasteiger partial charge >= 0.3 is 0 Å². The molecule has 0 aliphatic heterocycles. The number of nitrogen functional groups attached to an aromatic ring is 1. The number of hydrogen-bond donors (Lipinski definition) is 2. The van der Waals surface area contributed by atoms with E-state index in [0.717, 1.165) is 22.6 Å². The highest BCUT2D eigenvalue weighted by Crippen LogP contribution is 2.32. The fourth-order valence-corrected chi connectivity index (χ4v) is 4.11. The first kappa shape index (κ1) is 15.1. The second-order valence-electron chi connectivity index (χ2n) is 3.97. The van der Waals surface area contributed by atoms with E-state index in [4.69, 9.17) is 22.1 Å². The Labute approximate surface area is 126 Å². The molecule has 0 atom stereocenters. The van der Waals surface area contributed by atoms with Crippen LogP contribution in [0, 0.1) is 0 Å². The predicted octanol–water partition coefficient (Wildman–Crippen LogP) is 2.47. The second kappa shape index (κ2) is 6.01. The van der Waals surface area contributed by atoms with Gasteiger partial charge in [-0.2, -0.15) is 0 Å². The molecule has 0 saturated carbocycles. The maximum absolute atomic E-state index is 12.1. The summed E-state index contributed by atoms with van der Waals surface area (Å²) in [7, 11) is -2.03. The number of ether oxygens (including phenoxy) is 1. The van der Waals surface area contributed by atoms with Gasteiger partial charge in [0.05, 0.1) is 12.8 Å². The Kier molecular flexibility index (Phi) is 4.54. The number of nitrogens with one attached hydrogen (secondary N) is 1. The van der Waals surface area contributed by atoms with Gasteiger partial charge in [0.25, 0.3) is 0 Å². The van der Waals surface area contributed by atoms with Crippen LogP contribution >= 0.6 is 22.9 Å². The van der Waals surface area contributed by atoms with Gasteiger partial charge in [0.2, 0.25) is 10.0 Å². The summed E-state index contributed by atoms with van der Waals surface area (Å²) in [5.74, 6) is 0.717. The minimum atomic E-state index is -3.60. The molecule has 0 radical (unpaired) electrons. The van der Waals surface area contributed by atoms with Crippen LogP contribution in [0.2, 0.25) is 4.34 Å². The van der Waals surface area contributed by atoms with Crippen LogP contribution in [0.4, 0.5) is 5.69 Å². The molecule has 8 heteroatoms. The van der Waals surface area contributed by atoms with Crippen LogP contribution in [-0.2, 0) is 16.6 Å². The maximum atomic E-state index is 12.1. The number of halogens is 1. The lowest BCUT2D eigenvalue weighted by Gasteiger charge is -2.05. The minimum Gasteiger partial charge on any atom is -0.497 e. The summed E-state index contributed by atoms with van der Waals surface area (Å²) in [6.07, 6.45) is 0. The molecular weight excluding hydrogens is 320 g/mol. The third-order valence-electron chi connectivity index (χ3n) is 2.58. The first-order valence-corrected chi connectivity index (χ1v) is 8.27. The summed E-state index contributed by atoms with van der Waals surface area (Å²) in [5, 5.41) is 0. The van der Waals surface area contributed by atoms with Crippen molar-refractivity contribution < 1.29 is 13.2 Å². The van der Waals surface area contributed by atoms with Crippen molar-refractivity contribution in [2.75, 3.05) is 12.8 Å². The highest BCUT2D eigenvalue weighted by atomic mass is 35.5. The van der Waals surface area contributed by atoms with Gasteiger partial charge in [0.1, 0.15) is 14.3 Å². The lowest BCUT2D eigenvalue weighted by atomic mass is 10.2. The zero-order valence-electron chi connectivity index (χ0n) is 10.6. The van der Waals surface area contributed by atoms with Crippen molar-refractivity contribution in [1.29, 1.82) is 0 Å². The average molecular weight is 333 g/mol. The fourth-order valence-electron chi connectivity index (χ4n) is 1.49. The molecule has 0 spiro atoms. The number of hydrogen-bond acceptors (Lipinski definition) is 5. The van der Waals surface area contributed by atoms with Crippen molar-refractivity contribution in [3.63, 3.8) is 0 Å². The predicted molar refractivity (Wildman–Crippen MR) is 80.8 cm³/mol. The molecule has 20 heavy (non-hydrogen) atoms. The average Bonchev–Trinajstić information content (AvgIpc) is 2.78. The van der Waals surface area contributed by atoms with E-state index in [1.165, 1.54) is 6.07 Å².